The van der Waals surface area contributed by atoms with E-state index in [-0.39, 0.29) is 30.3 Å². The van der Waals surface area contributed by atoms with Gasteiger partial charge in [0.25, 0.3) is 0 Å². The van der Waals surface area contributed by atoms with Crippen molar-refractivity contribution in [2.45, 2.75) is 58.0 Å². The van der Waals surface area contributed by atoms with Crippen LogP contribution in [-0.4, -0.2) is 11.4 Å². The summed E-state index contributed by atoms with van der Waals surface area (Å²) in [7, 11) is 0. The van der Waals surface area contributed by atoms with Gasteiger partial charge >= 0.3 is 0 Å². The number of fused-ring (bicyclic) bond motifs is 1. The third kappa shape index (κ3) is 3.45. The van der Waals surface area contributed by atoms with E-state index in [1.165, 1.54) is 0 Å². The first-order chi connectivity index (χ1) is 10.9. The van der Waals surface area contributed by atoms with Gasteiger partial charge in [0.15, 0.2) is 0 Å². The number of halogens is 1. The molecule has 1 aromatic heterocycles. The smallest absolute Gasteiger partial charge is 0.225 e. The molecule has 2 aromatic rings. The molecule has 0 aliphatic heterocycles. The van der Waals surface area contributed by atoms with E-state index >= 15 is 0 Å². The van der Waals surface area contributed by atoms with Gasteiger partial charge < -0.3 is 15.5 Å². The predicted octanol–water partition coefficient (Wildman–Crippen LogP) is 4.25. The number of benzene rings is 1. The molecule has 1 fully saturated rings. The summed E-state index contributed by atoms with van der Waals surface area (Å²) in [6, 6.07) is 7.80. The Labute approximate surface area is 149 Å². The van der Waals surface area contributed by atoms with Crippen LogP contribution in [-0.2, 0) is 4.79 Å². The molecule has 1 aromatic carbocycles. The van der Waals surface area contributed by atoms with Crippen molar-refractivity contribution in [3.63, 3.8) is 0 Å². The van der Waals surface area contributed by atoms with E-state index in [1.54, 1.807) is 0 Å². The third-order valence-corrected chi connectivity index (χ3v) is 5.20. The Kier molecular flexibility index (Phi) is 5.61. The van der Waals surface area contributed by atoms with Gasteiger partial charge in [-0.15, -0.1) is 12.4 Å². The molecule has 24 heavy (non-hydrogen) atoms. The van der Waals surface area contributed by atoms with Crippen molar-refractivity contribution >= 4 is 29.3 Å². The number of hydrogen-bond donors (Lipinski definition) is 2. The quantitative estimate of drug-likeness (QED) is 0.869. The molecule has 3 unspecified atom stereocenters. The van der Waals surface area contributed by atoms with Crippen LogP contribution < -0.4 is 11.1 Å². The Hall–Kier alpha value is -1.52. The standard InChI is InChI=1S/C19H26N2O2.ClH/c1-12-14-8-4-5-10-16(14)23-17(12)13(2)21-18(22)15-9-6-7-11-19(15,3)20;/h4-5,8,10,13,15H,6-7,9,11,20H2,1-3H3,(H,21,22);1H. The van der Waals surface area contributed by atoms with E-state index in [0.29, 0.717) is 0 Å². The van der Waals surface area contributed by atoms with Gasteiger partial charge in [0, 0.05) is 16.5 Å². The maximum atomic E-state index is 12.7. The van der Waals surface area contributed by atoms with Crippen LogP contribution in [0.3, 0.4) is 0 Å². The lowest BCUT2D eigenvalue weighted by atomic mass is 9.74. The lowest BCUT2D eigenvalue weighted by molar-refractivity contribution is -0.128. The first-order valence-corrected chi connectivity index (χ1v) is 8.47. The van der Waals surface area contributed by atoms with Crippen LogP contribution in [0.15, 0.2) is 28.7 Å². The minimum atomic E-state index is -0.412. The van der Waals surface area contributed by atoms with Gasteiger partial charge in [0.1, 0.15) is 11.3 Å². The summed E-state index contributed by atoms with van der Waals surface area (Å²) in [5.41, 5.74) is 7.89. The highest BCUT2D eigenvalue weighted by atomic mass is 35.5. The van der Waals surface area contributed by atoms with Crippen molar-refractivity contribution in [2.75, 3.05) is 0 Å². The highest BCUT2D eigenvalue weighted by Gasteiger charge is 2.38. The summed E-state index contributed by atoms with van der Waals surface area (Å²) in [5, 5.41) is 4.21. The van der Waals surface area contributed by atoms with Crippen LogP contribution in [0.2, 0.25) is 0 Å². The second kappa shape index (κ2) is 7.16. The van der Waals surface area contributed by atoms with Gasteiger partial charge in [-0.1, -0.05) is 31.0 Å². The summed E-state index contributed by atoms with van der Waals surface area (Å²) in [6.45, 7) is 6.00. The Morgan fingerprint density at radius 1 is 1.38 bits per heavy atom. The number of nitrogens with one attached hydrogen (secondary N) is 1. The van der Waals surface area contributed by atoms with Crippen molar-refractivity contribution < 1.29 is 9.21 Å². The SMILES string of the molecule is Cc1c(C(C)NC(=O)C2CCCCC2(C)N)oc2ccccc12.Cl. The molecular weight excluding hydrogens is 324 g/mol. The minimum absolute atomic E-state index is 0. The molecule has 0 spiro atoms. The zero-order valence-electron chi connectivity index (χ0n) is 14.6. The summed E-state index contributed by atoms with van der Waals surface area (Å²) in [5.74, 6) is 0.750. The molecule has 0 bridgehead atoms. The van der Waals surface area contributed by atoms with E-state index < -0.39 is 5.54 Å². The first kappa shape index (κ1) is 18.8. The van der Waals surface area contributed by atoms with Gasteiger partial charge in [0.05, 0.1) is 12.0 Å². The van der Waals surface area contributed by atoms with Crippen LogP contribution in [0.1, 0.15) is 56.9 Å². The molecule has 0 saturated heterocycles. The monoisotopic (exact) mass is 350 g/mol. The third-order valence-electron chi connectivity index (χ3n) is 5.20. The highest BCUT2D eigenvalue weighted by Crippen LogP contribution is 2.33. The number of hydrogen-bond acceptors (Lipinski definition) is 3. The molecule has 3 atom stereocenters. The second-order valence-electron chi connectivity index (χ2n) is 7.12. The van der Waals surface area contributed by atoms with Gasteiger partial charge in [-0.3, -0.25) is 4.79 Å². The lowest BCUT2D eigenvalue weighted by Crippen LogP contribution is -2.53. The Balaban J connectivity index is 0.00000208. The fourth-order valence-electron chi connectivity index (χ4n) is 3.77. The Bertz CT molecular complexity index is 723. The van der Waals surface area contributed by atoms with E-state index in [9.17, 15) is 4.79 Å². The fraction of sp³-hybridized carbons (Fsp3) is 0.526. The molecule has 3 N–H and O–H groups in total. The first-order valence-electron chi connectivity index (χ1n) is 8.47. The second-order valence-corrected chi connectivity index (χ2v) is 7.12. The fourth-order valence-corrected chi connectivity index (χ4v) is 3.77. The van der Waals surface area contributed by atoms with E-state index in [2.05, 4.69) is 5.32 Å². The molecule has 4 nitrogen and oxygen atoms in total. The molecule has 5 heteroatoms. The highest BCUT2D eigenvalue weighted by molar-refractivity contribution is 5.85. The molecule has 1 saturated carbocycles. The minimum Gasteiger partial charge on any atom is -0.459 e. The Morgan fingerprint density at radius 2 is 2.08 bits per heavy atom. The zero-order chi connectivity index (χ0) is 16.6. The number of nitrogens with two attached hydrogens (primary N) is 1. The maximum absolute atomic E-state index is 12.7. The summed E-state index contributed by atoms with van der Waals surface area (Å²) in [4.78, 5) is 12.7. The number of carbonyl (C=O) groups is 1. The van der Waals surface area contributed by atoms with Crippen LogP contribution in [0, 0.1) is 12.8 Å². The van der Waals surface area contributed by atoms with Crippen molar-refractivity contribution in [1.82, 2.24) is 5.32 Å². The average molecular weight is 351 g/mol. The number of rotatable bonds is 3. The molecular formula is C19H27ClN2O2. The molecule has 1 amide bonds. The average Bonchev–Trinajstić information content (AvgIpc) is 2.84. The summed E-state index contributed by atoms with van der Waals surface area (Å²) in [6.07, 6.45) is 3.95. The van der Waals surface area contributed by atoms with E-state index in [1.807, 2.05) is 45.0 Å². The topological polar surface area (TPSA) is 68.3 Å². The zero-order valence-corrected chi connectivity index (χ0v) is 15.4. The van der Waals surface area contributed by atoms with Crippen molar-refractivity contribution in [3.8, 4) is 0 Å². The number of furan rings is 1. The predicted molar refractivity (Wildman–Crippen MR) is 99.3 cm³/mol. The van der Waals surface area contributed by atoms with Gasteiger partial charge in [0.2, 0.25) is 5.91 Å². The molecule has 0 radical (unpaired) electrons. The van der Waals surface area contributed by atoms with Crippen molar-refractivity contribution in [3.05, 3.63) is 35.6 Å². The van der Waals surface area contributed by atoms with Gasteiger partial charge in [-0.25, -0.2) is 0 Å². The van der Waals surface area contributed by atoms with Crippen LogP contribution in [0.25, 0.3) is 11.0 Å². The van der Waals surface area contributed by atoms with Crippen LogP contribution >= 0.6 is 12.4 Å². The van der Waals surface area contributed by atoms with Crippen LogP contribution in [0.5, 0.6) is 0 Å². The molecule has 1 aliphatic carbocycles. The largest absolute Gasteiger partial charge is 0.459 e. The van der Waals surface area contributed by atoms with Crippen molar-refractivity contribution in [2.24, 2.45) is 11.7 Å². The normalized spacial score (nSPS) is 25.1. The number of para-hydroxylation sites is 1. The van der Waals surface area contributed by atoms with Crippen LogP contribution in [0.4, 0.5) is 0 Å². The van der Waals surface area contributed by atoms with Crippen molar-refractivity contribution in [1.29, 1.82) is 0 Å². The summed E-state index contributed by atoms with van der Waals surface area (Å²) < 4.78 is 5.95. The Morgan fingerprint density at radius 3 is 2.75 bits per heavy atom. The number of aryl methyl sites for hydroxylation is 1. The lowest BCUT2D eigenvalue weighted by Gasteiger charge is -2.37. The number of carbonyl (C=O) groups excluding carboxylic acids is 1. The molecule has 1 heterocycles. The molecule has 132 valence electrons. The summed E-state index contributed by atoms with van der Waals surface area (Å²) >= 11 is 0. The molecule has 1 aliphatic rings. The number of amides is 1. The van der Waals surface area contributed by atoms with Gasteiger partial charge in [-0.05, 0) is 39.7 Å². The molecule has 3 rings (SSSR count). The van der Waals surface area contributed by atoms with E-state index in [4.69, 9.17) is 10.2 Å². The van der Waals surface area contributed by atoms with E-state index in [0.717, 1.165) is 48.0 Å². The van der Waals surface area contributed by atoms with Gasteiger partial charge in [-0.2, -0.15) is 0 Å². The maximum Gasteiger partial charge on any atom is 0.225 e.